The quantitative estimate of drug-likeness (QED) is 0.553. The van der Waals surface area contributed by atoms with Crippen LogP contribution in [-0.4, -0.2) is 36.5 Å². The number of carbonyl (C=O) groups is 3. The van der Waals surface area contributed by atoms with Gasteiger partial charge in [-0.2, -0.15) is 13.2 Å². The largest absolute Gasteiger partial charge is 0.542 e. The highest BCUT2D eigenvalue weighted by molar-refractivity contribution is 5.86. The molecule has 134 valence electrons. The van der Waals surface area contributed by atoms with E-state index in [2.05, 4.69) is 11.1 Å². The smallest absolute Gasteiger partial charge is 0.430 e. The molecule has 0 aromatic heterocycles. The number of primary amides is 1. The normalized spacial score (nSPS) is 11.7. The van der Waals surface area contributed by atoms with E-state index in [1.807, 2.05) is 30.3 Å². The van der Waals surface area contributed by atoms with Crippen LogP contribution < -0.4 is 21.9 Å². The maximum Gasteiger partial charge on any atom is 0.430 e. The minimum Gasteiger partial charge on any atom is -0.542 e. The summed E-state index contributed by atoms with van der Waals surface area (Å²) in [5, 5.41) is 11.5. The van der Waals surface area contributed by atoms with Crippen molar-refractivity contribution in [2.75, 3.05) is 6.54 Å². The van der Waals surface area contributed by atoms with Crippen molar-refractivity contribution < 1.29 is 38.4 Å². The van der Waals surface area contributed by atoms with Crippen LogP contribution in [-0.2, 0) is 20.8 Å². The van der Waals surface area contributed by atoms with Crippen LogP contribution in [0.1, 0.15) is 12.0 Å². The minimum atomic E-state index is -5.19. The Morgan fingerprint density at radius 1 is 1.21 bits per heavy atom. The van der Waals surface area contributed by atoms with Crippen LogP contribution in [0.2, 0.25) is 0 Å². The van der Waals surface area contributed by atoms with E-state index in [9.17, 15) is 22.8 Å². The molecule has 0 saturated carbocycles. The average Bonchev–Trinajstić information content (AvgIpc) is 2.47. The van der Waals surface area contributed by atoms with Gasteiger partial charge in [0.25, 0.3) is 5.91 Å². The predicted molar refractivity (Wildman–Crippen MR) is 74.7 cm³/mol. The Morgan fingerprint density at radius 2 is 1.71 bits per heavy atom. The zero-order valence-corrected chi connectivity index (χ0v) is 12.6. The summed E-state index contributed by atoms with van der Waals surface area (Å²) in [6.07, 6.45) is -4.45. The number of alkyl halides is 3. The summed E-state index contributed by atoms with van der Waals surface area (Å²) in [6, 6.07) is 9.24. The van der Waals surface area contributed by atoms with E-state index >= 15 is 0 Å². The molecule has 7 nitrogen and oxygen atoms in total. The number of carbonyl (C=O) groups excluding carboxylic acids is 3. The Bertz CT molecular complexity index is 550. The second-order valence-electron chi connectivity index (χ2n) is 4.68. The number of quaternary nitrogens is 1. The van der Waals surface area contributed by atoms with Gasteiger partial charge in [0.1, 0.15) is 5.97 Å². The molecule has 1 atom stereocenters. The number of amides is 2. The molecule has 0 aliphatic carbocycles. The summed E-state index contributed by atoms with van der Waals surface area (Å²) in [7, 11) is 0. The Balaban J connectivity index is 0.000000640. The lowest BCUT2D eigenvalue weighted by Gasteiger charge is -2.08. The first-order chi connectivity index (χ1) is 11.0. The molecule has 0 radical (unpaired) electrons. The Kier molecular flexibility index (Phi) is 9.10. The molecule has 0 aliphatic rings. The van der Waals surface area contributed by atoms with Crippen molar-refractivity contribution in [2.45, 2.75) is 25.1 Å². The highest BCUT2D eigenvalue weighted by atomic mass is 19.4. The molecule has 0 heterocycles. The molecule has 6 N–H and O–H groups in total. The summed E-state index contributed by atoms with van der Waals surface area (Å²) in [5.74, 6) is -3.75. The van der Waals surface area contributed by atoms with Gasteiger partial charge >= 0.3 is 6.18 Å². The summed E-state index contributed by atoms with van der Waals surface area (Å²) >= 11 is 0. The van der Waals surface area contributed by atoms with Crippen molar-refractivity contribution in [3.05, 3.63) is 35.9 Å². The van der Waals surface area contributed by atoms with Crippen LogP contribution in [0, 0.1) is 0 Å². The second-order valence-corrected chi connectivity index (χ2v) is 4.68. The van der Waals surface area contributed by atoms with Crippen molar-refractivity contribution in [3.8, 4) is 0 Å². The molecule has 10 heteroatoms. The second kappa shape index (κ2) is 10.2. The van der Waals surface area contributed by atoms with Crippen LogP contribution in [0.25, 0.3) is 0 Å². The van der Waals surface area contributed by atoms with Gasteiger partial charge in [0.15, 0.2) is 6.04 Å². The highest BCUT2D eigenvalue weighted by Crippen LogP contribution is 2.11. The van der Waals surface area contributed by atoms with Gasteiger partial charge in [-0.25, -0.2) is 0 Å². The minimum absolute atomic E-state index is 0.0167. The number of nitrogens with one attached hydrogen (secondary N) is 1. The van der Waals surface area contributed by atoms with E-state index in [1.54, 1.807) is 0 Å². The van der Waals surface area contributed by atoms with Crippen LogP contribution in [0.4, 0.5) is 13.2 Å². The number of rotatable bonds is 6. The van der Waals surface area contributed by atoms with Gasteiger partial charge in [-0.05, 0) is 12.0 Å². The van der Waals surface area contributed by atoms with Crippen molar-refractivity contribution in [3.63, 3.8) is 0 Å². The summed E-state index contributed by atoms with van der Waals surface area (Å²) < 4.78 is 31.5. The average molecular weight is 349 g/mol. The third-order valence-corrected chi connectivity index (χ3v) is 2.61. The highest BCUT2D eigenvalue weighted by Gasteiger charge is 2.28. The lowest BCUT2D eigenvalue weighted by atomic mass is 10.1. The first kappa shape index (κ1) is 21.4. The van der Waals surface area contributed by atoms with Gasteiger partial charge in [0, 0.05) is 6.54 Å². The van der Waals surface area contributed by atoms with Crippen LogP contribution in [0.3, 0.4) is 0 Å². The number of aliphatic carboxylic acids is 1. The zero-order valence-electron chi connectivity index (χ0n) is 12.6. The first-order valence-electron chi connectivity index (χ1n) is 6.75. The molecule has 1 aromatic carbocycles. The van der Waals surface area contributed by atoms with Gasteiger partial charge in [0.05, 0.1) is 6.42 Å². The van der Waals surface area contributed by atoms with E-state index in [0.29, 0.717) is 6.54 Å². The molecule has 1 rings (SSSR count). The molecule has 0 unspecified atom stereocenters. The van der Waals surface area contributed by atoms with Gasteiger partial charge in [-0.3, -0.25) is 9.59 Å². The van der Waals surface area contributed by atoms with Gasteiger partial charge < -0.3 is 26.7 Å². The fraction of sp³-hybridized carbons (Fsp3) is 0.357. The van der Waals surface area contributed by atoms with E-state index in [1.165, 1.54) is 0 Å². The number of nitrogens with two attached hydrogens (primary N) is 1. The molecule has 0 saturated heterocycles. The van der Waals surface area contributed by atoms with Crippen LogP contribution >= 0.6 is 0 Å². The standard InChI is InChI=1S/C12H17N3O2.C2HF3O2/c13-10(8-11(14)16)12(17)15-7-6-9-4-2-1-3-5-9;3-2(4,5)1(6)7/h1-5,10H,6-8,13H2,(H2,14,16)(H,15,17);(H,6,7)/t10-;/m1./s1. The third-order valence-electron chi connectivity index (χ3n) is 2.61. The molecule has 2 amide bonds. The summed E-state index contributed by atoms with van der Waals surface area (Å²) in [4.78, 5) is 30.9. The number of carboxylic acid groups (broad SMARTS) is 1. The maximum absolute atomic E-state index is 11.5. The fourth-order valence-electron chi connectivity index (χ4n) is 1.45. The topological polar surface area (TPSA) is 140 Å². The Labute approximate surface area is 135 Å². The van der Waals surface area contributed by atoms with Gasteiger partial charge in [-0.15, -0.1) is 0 Å². The maximum atomic E-state index is 11.5. The fourth-order valence-corrected chi connectivity index (χ4v) is 1.45. The first-order valence-corrected chi connectivity index (χ1v) is 6.75. The molecular formula is C14H18F3N3O4. The number of hydrogen-bond donors (Lipinski definition) is 3. The Hall–Kier alpha value is -2.62. The van der Waals surface area contributed by atoms with Crippen molar-refractivity contribution >= 4 is 17.8 Å². The van der Waals surface area contributed by atoms with Crippen molar-refractivity contribution in [2.24, 2.45) is 5.73 Å². The Morgan fingerprint density at radius 3 is 2.12 bits per heavy atom. The lowest BCUT2D eigenvalue weighted by molar-refractivity contribution is -0.402. The van der Waals surface area contributed by atoms with Crippen LogP contribution in [0.15, 0.2) is 30.3 Å². The number of hydrogen-bond acceptors (Lipinski definition) is 4. The zero-order chi connectivity index (χ0) is 18.8. The molecular weight excluding hydrogens is 331 g/mol. The molecule has 0 aliphatic heterocycles. The summed E-state index contributed by atoms with van der Waals surface area (Å²) in [6.45, 7) is 0.535. The molecule has 0 bridgehead atoms. The predicted octanol–water partition coefficient (Wildman–Crippen LogP) is -1.87. The third kappa shape index (κ3) is 10.2. The van der Waals surface area contributed by atoms with Crippen molar-refractivity contribution in [1.82, 2.24) is 5.32 Å². The molecule has 24 heavy (non-hydrogen) atoms. The molecule has 0 spiro atoms. The van der Waals surface area contributed by atoms with Gasteiger partial charge in [0.2, 0.25) is 5.91 Å². The van der Waals surface area contributed by atoms with Crippen molar-refractivity contribution in [1.29, 1.82) is 0 Å². The number of halogens is 3. The molecule has 0 fully saturated rings. The van der Waals surface area contributed by atoms with E-state index in [-0.39, 0.29) is 12.3 Å². The number of benzene rings is 1. The van der Waals surface area contributed by atoms with E-state index in [4.69, 9.17) is 15.6 Å². The molecule has 1 aromatic rings. The monoisotopic (exact) mass is 349 g/mol. The van der Waals surface area contributed by atoms with Gasteiger partial charge in [-0.1, -0.05) is 30.3 Å². The SMILES string of the molecule is NC(=O)C[C@@H]([NH3+])C(=O)NCCc1ccccc1.O=C([O-])C(F)(F)F. The summed E-state index contributed by atoms with van der Waals surface area (Å²) in [5.41, 5.74) is 9.74. The lowest BCUT2D eigenvalue weighted by Crippen LogP contribution is -2.68. The van der Waals surface area contributed by atoms with E-state index < -0.39 is 24.1 Å². The van der Waals surface area contributed by atoms with E-state index in [0.717, 1.165) is 12.0 Å². The number of carboxylic acids is 1. The van der Waals surface area contributed by atoms with Crippen LogP contribution in [0.5, 0.6) is 0 Å².